The van der Waals surface area contributed by atoms with Gasteiger partial charge in [0.25, 0.3) is 11.8 Å². The molecule has 1 atom stereocenters. The molecule has 8 nitrogen and oxygen atoms in total. The van der Waals surface area contributed by atoms with Gasteiger partial charge in [-0.25, -0.2) is 0 Å². The van der Waals surface area contributed by atoms with E-state index in [-0.39, 0.29) is 37.0 Å². The number of fused-ring (bicyclic) bond motifs is 2. The zero-order chi connectivity index (χ0) is 25.9. The van der Waals surface area contributed by atoms with Crippen LogP contribution in [-0.4, -0.2) is 47.5 Å². The summed E-state index contributed by atoms with van der Waals surface area (Å²) in [5, 5.41) is 2.92. The summed E-state index contributed by atoms with van der Waals surface area (Å²) >= 11 is 0. The maximum atomic E-state index is 13.1. The molecular weight excluding hydrogens is 470 g/mol. The molecule has 2 aliphatic heterocycles. The van der Waals surface area contributed by atoms with Gasteiger partial charge in [-0.05, 0) is 48.7 Å². The average molecular weight is 496 g/mol. The van der Waals surface area contributed by atoms with Gasteiger partial charge in [0.1, 0.15) is 5.92 Å². The fourth-order valence-corrected chi connectivity index (χ4v) is 4.69. The van der Waals surface area contributed by atoms with Crippen molar-refractivity contribution in [2.45, 2.75) is 25.7 Å². The number of hydrogen-bond acceptors (Lipinski definition) is 6. The molecule has 3 amide bonds. The smallest absolute Gasteiger partial charge is 0.305 e. The Morgan fingerprint density at radius 1 is 0.946 bits per heavy atom. The molecule has 3 aromatic rings. The molecule has 1 unspecified atom stereocenters. The van der Waals surface area contributed by atoms with Gasteiger partial charge >= 0.3 is 5.97 Å². The summed E-state index contributed by atoms with van der Waals surface area (Å²) in [4.78, 5) is 56.5. The summed E-state index contributed by atoms with van der Waals surface area (Å²) in [5.41, 5.74) is 3.92. The third-order valence-corrected chi connectivity index (χ3v) is 6.41. The molecule has 2 aliphatic rings. The lowest BCUT2D eigenvalue weighted by atomic mass is 9.90. The Balaban J connectivity index is 1.46. The van der Waals surface area contributed by atoms with Crippen LogP contribution in [0.1, 0.15) is 57.5 Å². The first-order valence-electron chi connectivity index (χ1n) is 12.2. The second-order valence-corrected chi connectivity index (χ2v) is 8.77. The molecule has 0 saturated carbocycles. The Bertz CT molecular complexity index is 1430. The zero-order valence-electron chi connectivity index (χ0n) is 20.3. The second-order valence-electron chi connectivity index (χ2n) is 8.77. The van der Waals surface area contributed by atoms with Crippen molar-refractivity contribution in [3.63, 3.8) is 0 Å². The van der Waals surface area contributed by atoms with Gasteiger partial charge in [-0.1, -0.05) is 48.5 Å². The Labute approximate surface area is 214 Å². The molecule has 8 heteroatoms. The molecule has 0 fully saturated rings. The lowest BCUT2D eigenvalue weighted by Gasteiger charge is -2.14. The Morgan fingerprint density at radius 2 is 1.68 bits per heavy atom. The molecule has 186 valence electrons. The van der Waals surface area contributed by atoms with Crippen LogP contribution in [0.15, 0.2) is 77.8 Å². The number of rotatable bonds is 8. The molecule has 0 bridgehead atoms. The zero-order valence-corrected chi connectivity index (χ0v) is 20.3. The van der Waals surface area contributed by atoms with Crippen LogP contribution in [0.5, 0.6) is 0 Å². The number of amides is 3. The lowest BCUT2D eigenvalue weighted by Crippen LogP contribution is -2.31. The number of esters is 1. The van der Waals surface area contributed by atoms with Crippen molar-refractivity contribution in [3.05, 3.63) is 95.1 Å². The fraction of sp³-hybridized carbons (Fsp3) is 0.207. The molecule has 1 N–H and O–H groups in total. The van der Waals surface area contributed by atoms with E-state index in [0.717, 1.165) is 21.7 Å². The largest absolute Gasteiger partial charge is 0.466 e. The fourth-order valence-electron chi connectivity index (χ4n) is 4.69. The number of hydrogen-bond donors (Lipinski definition) is 1. The number of imide groups is 1. The maximum absolute atomic E-state index is 13.1. The van der Waals surface area contributed by atoms with Gasteiger partial charge in [0.05, 0.1) is 29.1 Å². The minimum atomic E-state index is -0.622. The molecule has 0 aliphatic carbocycles. The molecule has 0 radical (unpaired) electrons. The summed E-state index contributed by atoms with van der Waals surface area (Å²) in [6.45, 7) is 2.13. The van der Waals surface area contributed by atoms with Crippen LogP contribution in [0.2, 0.25) is 0 Å². The summed E-state index contributed by atoms with van der Waals surface area (Å²) in [6, 6.07) is 21.8. The van der Waals surface area contributed by atoms with Crippen molar-refractivity contribution in [3.8, 4) is 0 Å². The number of ether oxygens (including phenoxy) is 1. The van der Waals surface area contributed by atoms with E-state index >= 15 is 0 Å². The normalized spacial score (nSPS) is 16.5. The van der Waals surface area contributed by atoms with Crippen molar-refractivity contribution in [2.75, 3.05) is 18.5 Å². The van der Waals surface area contributed by atoms with Crippen LogP contribution >= 0.6 is 0 Å². The number of aliphatic imine (C=N–C) groups is 1. The number of carbonyl (C=O) groups excluding carboxylic acids is 4. The van der Waals surface area contributed by atoms with E-state index in [0.29, 0.717) is 23.4 Å². The van der Waals surface area contributed by atoms with Gasteiger partial charge < -0.3 is 10.1 Å². The first-order valence-corrected chi connectivity index (χ1v) is 12.2. The summed E-state index contributed by atoms with van der Waals surface area (Å²) < 4.78 is 4.91. The topological polar surface area (TPSA) is 105 Å². The van der Waals surface area contributed by atoms with Gasteiger partial charge in [0.2, 0.25) is 5.91 Å². The quantitative estimate of drug-likeness (QED) is 0.282. The molecule has 3 aromatic carbocycles. The summed E-state index contributed by atoms with van der Waals surface area (Å²) in [7, 11) is 0. The van der Waals surface area contributed by atoms with Gasteiger partial charge in [-0.2, -0.15) is 0 Å². The van der Waals surface area contributed by atoms with Crippen LogP contribution in [0.3, 0.4) is 0 Å². The molecule has 37 heavy (non-hydrogen) atoms. The van der Waals surface area contributed by atoms with Crippen molar-refractivity contribution < 1.29 is 23.9 Å². The van der Waals surface area contributed by atoms with Crippen LogP contribution in [0.4, 0.5) is 11.4 Å². The molecular formula is C29H25N3O5. The number of benzene rings is 3. The standard InChI is InChI=1S/C29H25N3O5/c1-2-37-24(33)13-8-16-32-28(35)20-15-14-19(17-22(20)29(32)36)30-26(18-9-4-3-5-10-18)25-21-11-6-7-12-23(21)31-27(25)34/h3-7,9-12,14-15,17,25H,2,8,13,16H2,1H3,(H,31,34). The number of para-hydroxylation sites is 1. The van der Waals surface area contributed by atoms with Crippen LogP contribution in [-0.2, 0) is 14.3 Å². The van der Waals surface area contributed by atoms with E-state index in [2.05, 4.69) is 5.32 Å². The molecule has 0 spiro atoms. The molecule has 5 rings (SSSR count). The number of anilines is 1. The van der Waals surface area contributed by atoms with E-state index in [1.165, 1.54) is 0 Å². The highest BCUT2D eigenvalue weighted by atomic mass is 16.5. The van der Waals surface area contributed by atoms with E-state index in [4.69, 9.17) is 9.73 Å². The predicted octanol–water partition coefficient (Wildman–Crippen LogP) is 4.48. The van der Waals surface area contributed by atoms with Crippen LogP contribution in [0, 0.1) is 0 Å². The average Bonchev–Trinajstić information content (AvgIpc) is 3.36. The highest BCUT2D eigenvalue weighted by Crippen LogP contribution is 2.36. The van der Waals surface area contributed by atoms with Crippen LogP contribution < -0.4 is 5.32 Å². The first kappa shape index (κ1) is 24.1. The highest BCUT2D eigenvalue weighted by molar-refractivity contribution is 6.24. The summed E-state index contributed by atoms with van der Waals surface area (Å²) in [6.07, 6.45) is 0.450. The molecule has 2 heterocycles. The number of nitrogens with zero attached hydrogens (tertiary/aromatic N) is 2. The predicted molar refractivity (Wildman–Crippen MR) is 138 cm³/mol. The van der Waals surface area contributed by atoms with E-state index in [1.54, 1.807) is 25.1 Å². The Morgan fingerprint density at radius 3 is 2.46 bits per heavy atom. The molecule has 0 saturated heterocycles. The van der Waals surface area contributed by atoms with Crippen molar-refractivity contribution in [2.24, 2.45) is 4.99 Å². The number of nitrogens with one attached hydrogen (secondary N) is 1. The van der Waals surface area contributed by atoms with E-state index < -0.39 is 17.7 Å². The molecule has 0 aromatic heterocycles. The van der Waals surface area contributed by atoms with E-state index in [1.807, 2.05) is 54.6 Å². The van der Waals surface area contributed by atoms with Gasteiger partial charge in [-0.3, -0.25) is 29.1 Å². The van der Waals surface area contributed by atoms with E-state index in [9.17, 15) is 19.2 Å². The highest BCUT2D eigenvalue weighted by Gasteiger charge is 2.37. The van der Waals surface area contributed by atoms with Gasteiger partial charge in [0, 0.05) is 18.7 Å². The first-order chi connectivity index (χ1) is 18.0. The maximum Gasteiger partial charge on any atom is 0.305 e. The van der Waals surface area contributed by atoms with Gasteiger partial charge in [-0.15, -0.1) is 0 Å². The van der Waals surface area contributed by atoms with Gasteiger partial charge in [0.15, 0.2) is 0 Å². The lowest BCUT2D eigenvalue weighted by molar-refractivity contribution is -0.143. The Hall–Kier alpha value is -4.59. The summed E-state index contributed by atoms with van der Waals surface area (Å²) in [5.74, 6) is -1.98. The third-order valence-electron chi connectivity index (χ3n) is 6.41. The third kappa shape index (κ3) is 4.65. The monoisotopic (exact) mass is 495 g/mol. The minimum Gasteiger partial charge on any atom is -0.466 e. The van der Waals surface area contributed by atoms with Crippen LogP contribution in [0.25, 0.3) is 0 Å². The minimum absolute atomic E-state index is 0.123. The van der Waals surface area contributed by atoms with Crippen molar-refractivity contribution in [1.82, 2.24) is 4.90 Å². The second kappa shape index (κ2) is 10.2. The number of carbonyl (C=O) groups is 4. The van der Waals surface area contributed by atoms with Crippen molar-refractivity contribution >= 4 is 40.8 Å². The Kier molecular flexibility index (Phi) is 6.64. The van der Waals surface area contributed by atoms with Crippen molar-refractivity contribution in [1.29, 1.82) is 0 Å². The SMILES string of the molecule is CCOC(=O)CCCN1C(=O)c2ccc(N=C(c3ccccc3)C3C(=O)Nc4ccccc43)cc2C1=O.